The monoisotopic (exact) mass is 473 g/mol. The minimum absolute atomic E-state index is 0.157. The van der Waals surface area contributed by atoms with Gasteiger partial charge in [-0.2, -0.15) is 0 Å². The Morgan fingerprint density at radius 2 is 1.63 bits per heavy atom. The molecular weight excluding hydrogens is 446 g/mol. The van der Waals surface area contributed by atoms with E-state index in [0.717, 1.165) is 16.0 Å². The molecule has 1 atom stereocenters. The predicted molar refractivity (Wildman–Crippen MR) is 133 cm³/mol. The lowest BCUT2D eigenvalue weighted by atomic mass is 10.1. The second-order valence-electron chi connectivity index (χ2n) is 8.27. The fourth-order valence-electron chi connectivity index (χ4n) is 4.05. The summed E-state index contributed by atoms with van der Waals surface area (Å²) in [6.45, 7) is 2.05. The molecule has 3 aromatic rings. The van der Waals surface area contributed by atoms with Gasteiger partial charge in [-0.3, -0.25) is 9.59 Å². The Bertz CT molecular complexity index is 1240. The highest BCUT2D eigenvalue weighted by Gasteiger charge is 2.46. The molecule has 0 radical (unpaired) electrons. The average Bonchev–Trinajstić information content (AvgIpc) is 3.08. The summed E-state index contributed by atoms with van der Waals surface area (Å²) in [5, 5.41) is 2.80. The highest BCUT2D eigenvalue weighted by molar-refractivity contribution is 6.22. The highest BCUT2D eigenvalue weighted by Crippen LogP contribution is 2.30. The Balaban J connectivity index is 1.60. The van der Waals surface area contributed by atoms with E-state index in [2.05, 4.69) is 5.32 Å². The quantitative estimate of drug-likeness (QED) is 0.491. The van der Waals surface area contributed by atoms with Crippen molar-refractivity contribution in [2.75, 3.05) is 24.4 Å². The van der Waals surface area contributed by atoms with Crippen LogP contribution in [0.5, 0.6) is 11.5 Å². The van der Waals surface area contributed by atoms with E-state index in [1.54, 1.807) is 62.8 Å². The van der Waals surface area contributed by atoms with Gasteiger partial charge in [-0.05, 0) is 66.6 Å². The van der Waals surface area contributed by atoms with E-state index < -0.39 is 18.0 Å². The van der Waals surface area contributed by atoms with Crippen LogP contribution in [0.3, 0.4) is 0 Å². The molecular formula is C27H27N3O5. The highest BCUT2D eigenvalue weighted by atomic mass is 16.5. The number of ether oxygens (including phenoxy) is 2. The summed E-state index contributed by atoms with van der Waals surface area (Å²) in [5.74, 6) is 0.499. The van der Waals surface area contributed by atoms with Gasteiger partial charge in [-0.15, -0.1) is 0 Å². The smallest absolute Gasteiger partial charge is 0.332 e. The number of amides is 4. The van der Waals surface area contributed by atoms with Crippen molar-refractivity contribution in [3.8, 4) is 11.5 Å². The molecule has 1 aliphatic rings. The van der Waals surface area contributed by atoms with Crippen molar-refractivity contribution in [1.29, 1.82) is 0 Å². The van der Waals surface area contributed by atoms with Gasteiger partial charge in [-0.25, -0.2) is 9.69 Å². The summed E-state index contributed by atoms with van der Waals surface area (Å²) in [7, 11) is 3.13. The largest absolute Gasteiger partial charge is 0.497 e. The van der Waals surface area contributed by atoms with E-state index in [1.807, 2.05) is 31.2 Å². The normalized spacial score (nSPS) is 15.3. The van der Waals surface area contributed by atoms with E-state index in [1.165, 1.54) is 4.90 Å². The Hall–Kier alpha value is -4.33. The zero-order valence-electron chi connectivity index (χ0n) is 19.9. The lowest BCUT2D eigenvalue weighted by molar-refractivity contribution is -0.124. The SMILES string of the molecule is COc1ccc(NC(=O)CC2C(=O)N(c3cccc(C)c3)C(=O)N2Cc2cccc(OC)c2)cc1. The van der Waals surface area contributed by atoms with Gasteiger partial charge >= 0.3 is 6.03 Å². The van der Waals surface area contributed by atoms with Crippen LogP contribution in [-0.2, 0) is 16.1 Å². The lowest BCUT2D eigenvalue weighted by Gasteiger charge is -2.22. The molecule has 1 heterocycles. The van der Waals surface area contributed by atoms with Crippen molar-refractivity contribution in [3.63, 3.8) is 0 Å². The molecule has 8 heteroatoms. The van der Waals surface area contributed by atoms with Gasteiger partial charge in [0.05, 0.1) is 26.3 Å². The molecule has 0 aliphatic carbocycles. The summed E-state index contributed by atoms with van der Waals surface area (Å²) < 4.78 is 10.4. The number of hydrogen-bond acceptors (Lipinski definition) is 5. The van der Waals surface area contributed by atoms with Crippen LogP contribution in [-0.4, -0.2) is 43.0 Å². The fraction of sp³-hybridized carbons (Fsp3) is 0.222. The molecule has 4 amide bonds. The van der Waals surface area contributed by atoms with Crippen molar-refractivity contribution in [2.24, 2.45) is 0 Å². The summed E-state index contributed by atoms with van der Waals surface area (Å²) in [6, 6.07) is 19.9. The number of urea groups is 1. The molecule has 0 spiro atoms. The third kappa shape index (κ3) is 5.27. The standard InChI is InChI=1S/C27H27N3O5/c1-18-6-4-8-21(14-18)30-26(32)24(16-25(31)28-20-10-12-22(34-2)13-11-20)29(27(30)33)17-19-7-5-9-23(15-19)35-3/h4-15,24H,16-17H2,1-3H3,(H,28,31). The van der Waals surface area contributed by atoms with Crippen LogP contribution in [0.4, 0.5) is 16.2 Å². The molecule has 1 N–H and O–H groups in total. The zero-order chi connectivity index (χ0) is 24.9. The summed E-state index contributed by atoms with van der Waals surface area (Å²) in [6.07, 6.45) is -0.178. The van der Waals surface area contributed by atoms with Crippen LogP contribution < -0.4 is 19.7 Å². The van der Waals surface area contributed by atoms with Crippen LogP contribution in [0.2, 0.25) is 0 Å². The van der Waals surface area contributed by atoms with Crippen molar-refractivity contribution in [3.05, 3.63) is 83.9 Å². The number of rotatable bonds is 8. The van der Waals surface area contributed by atoms with Gasteiger partial charge in [0.1, 0.15) is 17.5 Å². The van der Waals surface area contributed by atoms with Crippen LogP contribution in [0.15, 0.2) is 72.8 Å². The molecule has 4 rings (SSSR count). The first-order chi connectivity index (χ1) is 16.9. The van der Waals surface area contributed by atoms with Gasteiger partial charge in [-0.1, -0.05) is 24.3 Å². The van der Waals surface area contributed by atoms with Crippen LogP contribution in [0.1, 0.15) is 17.5 Å². The Kier molecular flexibility index (Phi) is 7.01. The number of benzene rings is 3. The second-order valence-corrected chi connectivity index (χ2v) is 8.27. The number of nitrogens with zero attached hydrogens (tertiary/aromatic N) is 2. The van der Waals surface area contributed by atoms with Gasteiger partial charge in [0, 0.05) is 12.2 Å². The Morgan fingerprint density at radius 3 is 2.31 bits per heavy atom. The van der Waals surface area contributed by atoms with E-state index in [0.29, 0.717) is 22.9 Å². The summed E-state index contributed by atoms with van der Waals surface area (Å²) >= 11 is 0. The number of anilines is 2. The van der Waals surface area contributed by atoms with E-state index in [4.69, 9.17) is 9.47 Å². The minimum Gasteiger partial charge on any atom is -0.497 e. The number of methoxy groups -OCH3 is 2. The summed E-state index contributed by atoms with van der Waals surface area (Å²) in [4.78, 5) is 42.4. The Labute approximate surface area is 204 Å². The molecule has 1 saturated heterocycles. The van der Waals surface area contributed by atoms with Crippen LogP contribution in [0, 0.1) is 6.92 Å². The molecule has 0 bridgehead atoms. The molecule has 1 aliphatic heterocycles. The summed E-state index contributed by atoms with van der Waals surface area (Å²) in [5.41, 5.74) is 2.76. The predicted octanol–water partition coefficient (Wildman–Crippen LogP) is 4.38. The maximum atomic E-state index is 13.5. The molecule has 35 heavy (non-hydrogen) atoms. The maximum Gasteiger partial charge on any atom is 0.332 e. The fourth-order valence-corrected chi connectivity index (χ4v) is 4.05. The number of imide groups is 1. The molecule has 0 saturated carbocycles. The van der Waals surface area contributed by atoms with Crippen molar-refractivity contribution < 1.29 is 23.9 Å². The molecule has 3 aromatic carbocycles. The van der Waals surface area contributed by atoms with Crippen LogP contribution >= 0.6 is 0 Å². The molecule has 8 nitrogen and oxygen atoms in total. The molecule has 180 valence electrons. The average molecular weight is 474 g/mol. The van der Waals surface area contributed by atoms with E-state index in [9.17, 15) is 14.4 Å². The number of aryl methyl sites for hydroxylation is 1. The van der Waals surface area contributed by atoms with Gasteiger partial charge < -0.3 is 19.7 Å². The van der Waals surface area contributed by atoms with Crippen LogP contribution in [0.25, 0.3) is 0 Å². The number of nitrogens with one attached hydrogen (secondary N) is 1. The van der Waals surface area contributed by atoms with Crippen molar-refractivity contribution in [1.82, 2.24) is 4.90 Å². The van der Waals surface area contributed by atoms with E-state index in [-0.39, 0.29) is 18.9 Å². The van der Waals surface area contributed by atoms with Crippen molar-refractivity contribution >= 4 is 29.2 Å². The maximum absolute atomic E-state index is 13.5. The molecule has 1 unspecified atom stereocenters. The zero-order valence-corrected chi connectivity index (χ0v) is 19.9. The topological polar surface area (TPSA) is 88.2 Å². The molecule has 0 aromatic heterocycles. The number of hydrogen-bond donors (Lipinski definition) is 1. The third-order valence-corrected chi connectivity index (χ3v) is 5.82. The molecule has 1 fully saturated rings. The minimum atomic E-state index is -0.951. The number of carbonyl (C=O) groups is 3. The van der Waals surface area contributed by atoms with Crippen molar-refractivity contribution in [2.45, 2.75) is 25.9 Å². The first-order valence-corrected chi connectivity index (χ1v) is 11.2. The lowest BCUT2D eigenvalue weighted by Crippen LogP contribution is -2.37. The number of carbonyl (C=O) groups excluding carboxylic acids is 3. The van der Waals surface area contributed by atoms with E-state index >= 15 is 0 Å². The van der Waals surface area contributed by atoms with Gasteiger partial charge in [0.2, 0.25) is 5.91 Å². The first kappa shape index (κ1) is 23.8. The second kappa shape index (κ2) is 10.3. The van der Waals surface area contributed by atoms with Gasteiger partial charge in [0.25, 0.3) is 5.91 Å². The first-order valence-electron chi connectivity index (χ1n) is 11.2. The Morgan fingerprint density at radius 1 is 0.914 bits per heavy atom. The third-order valence-electron chi connectivity index (χ3n) is 5.82. The van der Waals surface area contributed by atoms with Gasteiger partial charge in [0.15, 0.2) is 0 Å².